The van der Waals surface area contributed by atoms with Gasteiger partial charge in [0.2, 0.25) is 0 Å². The van der Waals surface area contributed by atoms with E-state index in [-0.39, 0.29) is 6.04 Å². The molecule has 0 radical (unpaired) electrons. The second-order valence-electron chi connectivity index (χ2n) is 4.38. The van der Waals surface area contributed by atoms with Gasteiger partial charge in [-0.05, 0) is 26.9 Å². The second-order valence-corrected chi connectivity index (χ2v) is 6.61. The van der Waals surface area contributed by atoms with Crippen LogP contribution in [0.5, 0.6) is 0 Å². The van der Waals surface area contributed by atoms with Gasteiger partial charge in [0.1, 0.15) is 0 Å². The van der Waals surface area contributed by atoms with E-state index in [1.54, 1.807) is 0 Å². The third-order valence-corrected chi connectivity index (χ3v) is 4.92. The summed E-state index contributed by atoms with van der Waals surface area (Å²) in [5, 5.41) is 3.28. The average molecular weight is 234 g/mol. The van der Waals surface area contributed by atoms with E-state index in [1.807, 2.05) is 7.05 Å². The summed E-state index contributed by atoms with van der Waals surface area (Å²) in [5.41, 5.74) is 0. The summed E-state index contributed by atoms with van der Waals surface area (Å²) in [6.07, 6.45) is 0.787. The van der Waals surface area contributed by atoms with E-state index in [2.05, 4.69) is 24.1 Å². The quantitative estimate of drug-likeness (QED) is 0.733. The Bertz CT molecular complexity index is 290. The Balaban J connectivity index is 2.43. The highest BCUT2D eigenvalue weighted by atomic mass is 32.2. The highest BCUT2D eigenvalue weighted by Gasteiger charge is 2.32. The van der Waals surface area contributed by atoms with Crippen LogP contribution in [0.3, 0.4) is 0 Å². The first-order chi connectivity index (χ1) is 6.96. The summed E-state index contributed by atoms with van der Waals surface area (Å²) >= 11 is 0. The van der Waals surface area contributed by atoms with E-state index in [1.165, 1.54) is 0 Å². The fourth-order valence-corrected chi connectivity index (χ4v) is 3.74. The molecule has 4 nitrogen and oxygen atoms in total. The van der Waals surface area contributed by atoms with Gasteiger partial charge in [-0.2, -0.15) is 0 Å². The smallest absolute Gasteiger partial charge is 0.151 e. The highest BCUT2D eigenvalue weighted by molar-refractivity contribution is 7.91. The van der Waals surface area contributed by atoms with Gasteiger partial charge in [-0.3, -0.25) is 4.90 Å². The predicted octanol–water partition coefficient (Wildman–Crippen LogP) is 0.103. The molecule has 0 saturated carbocycles. The molecule has 0 aromatic heterocycles. The van der Waals surface area contributed by atoms with Crippen molar-refractivity contribution >= 4 is 9.84 Å². The summed E-state index contributed by atoms with van der Waals surface area (Å²) in [6.45, 7) is 6.09. The van der Waals surface area contributed by atoms with Crippen LogP contribution < -0.4 is 5.32 Å². The first-order valence-electron chi connectivity index (χ1n) is 5.59. The molecule has 1 saturated heterocycles. The molecule has 0 aromatic carbocycles. The van der Waals surface area contributed by atoms with Crippen LogP contribution in [0.1, 0.15) is 20.3 Å². The third-order valence-electron chi connectivity index (χ3n) is 3.17. The molecular formula is C10H22N2O2S. The molecule has 5 heteroatoms. The summed E-state index contributed by atoms with van der Waals surface area (Å²) in [4.78, 5) is 2.19. The van der Waals surface area contributed by atoms with Crippen molar-refractivity contribution in [2.45, 2.75) is 32.4 Å². The zero-order valence-corrected chi connectivity index (χ0v) is 10.7. The van der Waals surface area contributed by atoms with E-state index in [0.717, 1.165) is 19.5 Å². The molecule has 2 atom stereocenters. The Morgan fingerprint density at radius 1 is 1.53 bits per heavy atom. The minimum Gasteiger partial charge on any atom is -0.315 e. The van der Waals surface area contributed by atoms with Crippen molar-refractivity contribution in [3.63, 3.8) is 0 Å². The van der Waals surface area contributed by atoms with Crippen LogP contribution in [0, 0.1) is 0 Å². The van der Waals surface area contributed by atoms with Gasteiger partial charge in [0.15, 0.2) is 9.84 Å². The lowest BCUT2D eigenvalue weighted by Crippen LogP contribution is -2.44. The van der Waals surface area contributed by atoms with Crippen molar-refractivity contribution in [2.75, 3.05) is 31.6 Å². The van der Waals surface area contributed by atoms with Crippen LogP contribution in [0.25, 0.3) is 0 Å². The molecule has 2 unspecified atom stereocenters. The molecule has 90 valence electrons. The van der Waals surface area contributed by atoms with Crippen LogP contribution in [-0.2, 0) is 9.84 Å². The Hall–Kier alpha value is -0.130. The van der Waals surface area contributed by atoms with Gasteiger partial charge in [0, 0.05) is 18.6 Å². The Morgan fingerprint density at radius 3 is 2.67 bits per heavy atom. The molecule has 0 amide bonds. The van der Waals surface area contributed by atoms with Gasteiger partial charge in [-0.1, -0.05) is 6.92 Å². The lowest BCUT2D eigenvalue weighted by Gasteiger charge is -2.29. The molecule has 0 aliphatic carbocycles. The standard InChI is InChI=1S/C10H22N2O2S/c1-4-11-7-9(2)12(3)10-5-6-15(13,14)8-10/h9-11H,4-8H2,1-3H3. The molecular weight excluding hydrogens is 212 g/mol. The number of sulfone groups is 1. The number of nitrogens with zero attached hydrogens (tertiary/aromatic N) is 1. The second kappa shape index (κ2) is 5.27. The molecule has 1 aliphatic heterocycles. The minimum absolute atomic E-state index is 0.212. The average Bonchev–Trinajstić information content (AvgIpc) is 2.54. The van der Waals surface area contributed by atoms with Gasteiger partial charge in [-0.15, -0.1) is 0 Å². The first kappa shape index (κ1) is 12.9. The van der Waals surface area contributed by atoms with E-state index in [9.17, 15) is 8.42 Å². The molecule has 1 N–H and O–H groups in total. The van der Waals surface area contributed by atoms with Crippen molar-refractivity contribution in [1.29, 1.82) is 0 Å². The summed E-state index contributed by atoms with van der Waals surface area (Å²) in [7, 11) is -0.735. The monoisotopic (exact) mass is 234 g/mol. The summed E-state index contributed by atoms with van der Waals surface area (Å²) < 4.78 is 22.7. The zero-order chi connectivity index (χ0) is 11.5. The van der Waals surface area contributed by atoms with Crippen LogP contribution >= 0.6 is 0 Å². The third kappa shape index (κ3) is 3.74. The van der Waals surface area contributed by atoms with E-state index >= 15 is 0 Å². The van der Waals surface area contributed by atoms with Crippen molar-refractivity contribution in [3.8, 4) is 0 Å². The molecule has 1 heterocycles. The van der Waals surface area contributed by atoms with Crippen LogP contribution in [0.15, 0.2) is 0 Å². The molecule has 0 aromatic rings. The molecule has 0 spiro atoms. The van der Waals surface area contributed by atoms with Crippen LogP contribution in [-0.4, -0.2) is 57.0 Å². The van der Waals surface area contributed by atoms with Crippen molar-refractivity contribution in [1.82, 2.24) is 10.2 Å². The predicted molar refractivity (Wildman–Crippen MR) is 62.8 cm³/mol. The van der Waals surface area contributed by atoms with Gasteiger partial charge >= 0.3 is 0 Å². The Morgan fingerprint density at radius 2 is 2.20 bits per heavy atom. The molecule has 1 fully saturated rings. The molecule has 15 heavy (non-hydrogen) atoms. The number of nitrogens with one attached hydrogen (secondary N) is 1. The van der Waals surface area contributed by atoms with E-state index in [0.29, 0.717) is 17.5 Å². The first-order valence-corrected chi connectivity index (χ1v) is 7.41. The van der Waals surface area contributed by atoms with E-state index in [4.69, 9.17) is 0 Å². The molecule has 0 bridgehead atoms. The topological polar surface area (TPSA) is 49.4 Å². The maximum atomic E-state index is 11.3. The van der Waals surface area contributed by atoms with Gasteiger partial charge < -0.3 is 5.32 Å². The SMILES string of the molecule is CCNCC(C)N(C)C1CCS(=O)(=O)C1. The summed E-state index contributed by atoms with van der Waals surface area (Å²) in [6, 6.07) is 0.604. The normalized spacial score (nSPS) is 27.1. The van der Waals surface area contributed by atoms with Gasteiger partial charge in [-0.25, -0.2) is 8.42 Å². The zero-order valence-electron chi connectivity index (χ0n) is 9.86. The highest BCUT2D eigenvalue weighted by Crippen LogP contribution is 2.17. The number of likely N-dealkylation sites (N-methyl/N-ethyl adjacent to an activating group) is 2. The number of hydrogen-bond donors (Lipinski definition) is 1. The lowest BCUT2D eigenvalue weighted by molar-refractivity contribution is 0.196. The van der Waals surface area contributed by atoms with Crippen LogP contribution in [0.2, 0.25) is 0 Å². The van der Waals surface area contributed by atoms with E-state index < -0.39 is 9.84 Å². The fraction of sp³-hybridized carbons (Fsp3) is 1.00. The lowest BCUT2D eigenvalue weighted by atomic mass is 10.2. The molecule has 1 rings (SSSR count). The van der Waals surface area contributed by atoms with Crippen LogP contribution in [0.4, 0.5) is 0 Å². The fourth-order valence-electron chi connectivity index (χ4n) is 1.95. The Kier molecular flexibility index (Phi) is 4.55. The van der Waals surface area contributed by atoms with Crippen molar-refractivity contribution in [2.24, 2.45) is 0 Å². The minimum atomic E-state index is -2.76. The number of rotatable bonds is 5. The maximum absolute atomic E-state index is 11.3. The van der Waals surface area contributed by atoms with Crippen molar-refractivity contribution in [3.05, 3.63) is 0 Å². The van der Waals surface area contributed by atoms with Crippen molar-refractivity contribution < 1.29 is 8.42 Å². The summed E-state index contributed by atoms with van der Waals surface area (Å²) in [5.74, 6) is 0.690. The van der Waals surface area contributed by atoms with Gasteiger partial charge in [0.05, 0.1) is 11.5 Å². The molecule has 1 aliphatic rings. The largest absolute Gasteiger partial charge is 0.315 e. The Labute approximate surface area is 93.0 Å². The number of hydrogen-bond acceptors (Lipinski definition) is 4. The van der Waals surface area contributed by atoms with Gasteiger partial charge in [0.25, 0.3) is 0 Å². The maximum Gasteiger partial charge on any atom is 0.151 e.